The van der Waals surface area contributed by atoms with Crippen LogP contribution in [0, 0.1) is 5.82 Å². The van der Waals surface area contributed by atoms with Gasteiger partial charge in [-0.05, 0) is 24.1 Å². The third-order valence-electron chi connectivity index (χ3n) is 2.43. The number of anilines is 1. The Hall–Kier alpha value is -1.09. The van der Waals surface area contributed by atoms with E-state index in [2.05, 4.69) is 0 Å². The van der Waals surface area contributed by atoms with Gasteiger partial charge in [0.25, 0.3) is 0 Å². The summed E-state index contributed by atoms with van der Waals surface area (Å²) in [5, 5.41) is 0. The normalized spacial score (nSPS) is 22.1. The molecule has 2 nitrogen and oxygen atoms in total. The first-order valence-corrected chi connectivity index (χ1v) is 4.40. The molecule has 1 unspecified atom stereocenters. The van der Waals surface area contributed by atoms with Crippen LogP contribution in [0.4, 0.5) is 10.1 Å². The Kier molecular flexibility index (Phi) is 2.19. The number of hydrogen-bond acceptors (Lipinski definition) is 2. The molecule has 1 fully saturated rings. The summed E-state index contributed by atoms with van der Waals surface area (Å²) in [4.78, 5) is 0. The molecule has 1 atom stereocenters. The molecule has 2 rings (SSSR count). The number of benzene rings is 1. The zero-order chi connectivity index (χ0) is 9.26. The van der Waals surface area contributed by atoms with E-state index in [1.807, 2.05) is 6.07 Å². The molecule has 0 aliphatic carbocycles. The van der Waals surface area contributed by atoms with Crippen LogP contribution in [-0.2, 0) is 4.74 Å². The molecule has 1 aromatic carbocycles. The summed E-state index contributed by atoms with van der Waals surface area (Å²) in [5.74, 6) is 0.0134. The van der Waals surface area contributed by atoms with Crippen molar-refractivity contribution in [2.75, 3.05) is 18.9 Å². The van der Waals surface area contributed by atoms with Gasteiger partial charge in [-0.15, -0.1) is 0 Å². The molecule has 2 N–H and O–H groups in total. The fourth-order valence-electron chi connectivity index (χ4n) is 1.59. The van der Waals surface area contributed by atoms with Gasteiger partial charge in [0, 0.05) is 12.5 Å². The zero-order valence-corrected chi connectivity index (χ0v) is 7.29. The van der Waals surface area contributed by atoms with Gasteiger partial charge in [0.05, 0.1) is 12.3 Å². The fraction of sp³-hybridized carbons (Fsp3) is 0.400. The number of nitrogen functional groups attached to an aromatic ring is 1. The minimum absolute atomic E-state index is 0.211. The first-order chi connectivity index (χ1) is 6.27. The Labute approximate surface area is 76.5 Å². The van der Waals surface area contributed by atoms with Gasteiger partial charge in [-0.1, -0.05) is 6.07 Å². The van der Waals surface area contributed by atoms with E-state index < -0.39 is 0 Å². The molecule has 1 aromatic rings. The summed E-state index contributed by atoms with van der Waals surface area (Å²) in [6.45, 7) is 1.47. The van der Waals surface area contributed by atoms with Gasteiger partial charge in [0.1, 0.15) is 5.82 Å². The van der Waals surface area contributed by atoms with E-state index in [4.69, 9.17) is 10.5 Å². The molecule has 1 aliphatic heterocycles. The predicted octanol–water partition coefficient (Wildman–Crippen LogP) is 1.91. The number of halogens is 1. The molecular formula is C10H12FNO. The Bertz CT molecular complexity index is 308. The summed E-state index contributed by atoms with van der Waals surface area (Å²) < 4.78 is 18.3. The fourth-order valence-corrected chi connectivity index (χ4v) is 1.59. The first-order valence-electron chi connectivity index (χ1n) is 4.40. The molecule has 0 amide bonds. The van der Waals surface area contributed by atoms with Crippen molar-refractivity contribution in [3.63, 3.8) is 0 Å². The monoisotopic (exact) mass is 181 g/mol. The van der Waals surface area contributed by atoms with Crippen molar-refractivity contribution in [3.8, 4) is 0 Å². The Balaban J connectivity index is 2.25. The highest BCUT2D eigenvalue weighted by Crippen LogP contribution is 2.26. The lowest BCUT2D eigenvalue weighted by molar-refractivity contribution is 0.194. The maximum Gasteiger partial charge on any atom is 0.146 e. The second-order valence-corrected chi connectivity index (χ2v) is 3.34. The van der Waals surface area contributed by atoms with Gasteiger partial charge >= 0.3 is 0 Å². The number of nitrogens with two attached hydrogens (primary N) is 1. The van der Waals surface area contributed by atoms with Crippen molar-refractivity contribution in [3.05, 3.63) is 29.6 Å². The molecule has 0 spiro atoms. The van der Waals surface area contributed by atoms with Gasteiger partial charge in [0.2, 0.25) is 0 Å². The van der Waals surface area contributed by atoms with Crippen LogP contribution < -0.4 is 5.73 Å². The molecule has 0 saturated carbocycles. The molecule has 1 heterocycles. The average molecular weight is 181 g/mol. The second kappa shape index (κ2) is 3.34. The molecule has 3 heteroatoms. The molecule has 1 saturated heterocycles. The lowest BCUT2D eigenvalue weighted by atomic mass is 9.98. The lowest BCUT2D eigenvalue weighted by Gasteiger charge is -2.08. The van der Waals surface area contributed by atoms with E-state index in [9.17, 15) is 4.39 Å². The molecule has 0 aromatic heterocycles. The van der Waals surface area contributed by atoms with Crippen LogP contribution in [0.5, 0.6) is 0 Å². The van der Waals surface area contributed by atoms with Gasteiger partial charge in [-0.3, -0.25) is 0 Å². The first kappa shape index (κ1) is 8.51. The highest BCUT2D eigenvalue weighted by Gasteiger charge is 2.18. The third-order valence-corrected chi connectivity index (χ3v) is 2.43. The summed E-state index contributed by atoms with van der Waals surface area (Å²) in [6.07, 6.45) is 0.976. The summed E-state index contributed by atoms with van der Waals surface area (Å²) in [6, 6.07) is 5.00. The van der Waals surface area contributed by atoms with Crippen LogP contribution in [0.25, 0.3) is 0 Å². The maximum absolute atomic E-state index is 13.1. The van der Waals surface area contributed by atoms with Crippen molar-refractivity contribution < 1.29 is 9.13 Å². The molecule has 1 aliphatic rings. The maximum atomic E-state index is 13.1. The number of hydrogen-bond donors (Lipinski definition) is 1. The highest BCUT2D eigenvalue weighted by atomic mass is 19.1. The summed E-state index contributed by atoms with van der Waals surface area (Å²) >= 11 is 0. The van der Waals surface area contributed by atoms with Crippen molar-refractivity contribution in [1.29, 1.82) is 0 Å². The van der Waals surface area contributed by atoms with Crippen molar-refractivity contribution in [2.45, 2.75) is 12.3 Å². The summed E-state index contributed by atoms with van der Waals surface area (Å²) in [5.41, 5.74) is 6.58. The summed E-state index contributed by atoms with van der Waals surface area (Å²) in [7, 11) is 0. The quantitative estimate of drug-likeness (QED) is 0.672. The van der Waals surface area contributed by atoms with Gasteiger partial charge in [-0.25, -0.2) is 4.39 Å². The van der Waals surface area contributed by atoms with Crippen LogP contribution in [0.1, 0.15) is 17.9 Å². The van der Waals surface area contributed by atoms with E-state index >= 15 is 0 Å². The zero-order valence-electron chi connectivity index (χ0n) is 7.29. The minimum atomic E-state index is -0.329. The van der Waals surface area contributed by atoms with Crippen LogP contribution in [0.15, 0.2) is 18.2 Å². The van der Waals surface area contributed by atoms with Crippen LogP contribution in [-0.4, -0.2) is 13.2 Å². The Morgan fingerprint density at radius 1 is 1.46 bits per heavy atom. The van der Waals surface area contributed by atoms with Gasteiger partial charge < -0.3 is 10.5 Å². The molecule has 70 valence electrons. The van der Waals surface area contributed by atoms with E-state index in [0.29, 0.717) is 12.5 Å². The van der Waals surface area contributed by atoms with Crippen LogP contribution in [0.2, 0.25) is 0 Å². The molecular weight excluding hydrogens is 169 g/mol. The highest BCUT2D eigenvalue weighted by molar-refractivity contribution is 5.42. The third kappa shape index (κ3) is 1.65. The topological polar surface area (TPSA) is 35.2 Å². The standard InChI is InChI=1S/C10H12FNO/c11-9-5-7(1-2-10(9)12)8-3-4-13-6-8/h1-2,5,8H,3-4,6,12H2. The van der Waals surface area contributed by atoms with Crippen molar-refractivity contribution in [2.24, 2.45) is 0 Å². The SMILES string of the molecule is Nc1ccc(C2CCOC2)cc1F. The molecule has 0 bridgehead atoms. The molecule has 0 radical (unpaired) electrons. The van der Waals surface area contributed by atoms with E-state index in [1.54, 1.807) is 6.07 Å². The van der Waals surface area contributed by atoms with Crippen LogP contribution >= 0.6 is 0 Å². The van der Waals surface area contributed by atoms with E-state index in [0.717, 1.165) is 18.6 Å². The lowest BCUT2D eigenvalue weighted by Crippen LogP contribution is -1.99. The number of rotatable bonds is 1. The van der Waals surface area contributed by atoms with E-state index in [1.165, 1.54) is 6.07 Å². The van der Waals surface area contributed by atoms with Crippen molar-refractivity contribution >= 4 is 5.69 Å². The van der Waals surface area contributed by atoms with Crippen molar-refractivity contribution in [1.82, 2.24) is 0 Å². The second-order valence-electron chi connectivity index (χ2n) is 3.34. The molecule has 13 heavy (non-hydrogen) atoms. The minimum Gasteiger partial charge on any atom is -0.396 e. The smallest absolute Gasteiger partial charge is 0.146 e. The van der Waals surface area contributed by atoms with Gasteiger partial charge in [-0.2, -0.15) is 0 Å². The average Bonchev–Trinajstić information content (AvgIpc) is 2.62. The Morgan fingerprint density at radius 3 is 2.92 bits per heavy atom. The Morgan fingerprint density at radius 2 is 2.31 bits per heavy atom. The largest absolute Gasteiger partial charge is 0.396 e. The van der Waals surface area contributed by atoms with E-state index in [-0.39, 0.29) is 11.5 Å². The van der Waals surface area contributed by atoms with Gasteiger partial charge in [0.15, 0.2) is 0 Å². The predicted molar refractivity (Wildman–Crippen MR) is 49.0 cm³/mol. The number of ether oxygens (including phenoxy) is 1. The van der Waals surface area contributed by atoms with Crippen LogP contribution in [0.3, 0.4) is 0 Å².